The highest BCUT2D eigenvalue weighted by atomic mass is 16.5. The third-order valence-corrected chi connectivity index (χ3v) is 4.76. The molecule has 0 fully saturated rings. The second kappa shape index (κ2) is 6.64. The van der Waals surface area contributed by atoms with Crippen LogP contribution in [0.5, 0.6) is 5.75 Å². The zero-order chi connectivity index (χ0) is 16.3. The molecule has 0 aliphatic rings. The fraction of sp³-hybridized carbons (Fsp3) is 0.632. The van der Waals surface area contributed by atoms with Crippen LogP contribution in [0.3, 0.4) is 0 Å². The van der Waals surface area contributed by atoms with Crippen LogP contribution < -0.4 is 4.74 Å². The molecule has 0 N–H and O–H groups in total. The van der Waals surface area contributed by atoms with Crippen LogP contribution in [0.1, 0.15) is 72.4 Å². The van der Waals surface area contributed by atoms with Gasteiger partial charge < -0.3 is 4.74 Å². The molecule has 1 unspecified atom stereocenters. The molecule has 0 saturated heterocycles. The van der Waals surface area contributed by atoms with Gasteiger partial charge in [0, 0.05) is 0 Å². The van der Waals surface area contributed by atoms with Gasteiger partial charge in [-0.15, -0.1) is 0 Å². The van der Waals surface area contributed by atoms with Crippen molar-refractivity contribution in [3.63, 3.8) is 0 Å². The Bertz CT molecular complexity index is 486. The van der Waals surface area contributed by atoms with Gasteiger partial charge in [0.25, 0.3) is 0 Å². The maximum atomic E-state index is 11.0. The fourth-order valence-electron chi connectivity index (χ4n) is 2.22. The number of ether oxygens (including phenoxy) is 1. The highest BCUT2D eigenvalue weighted by molar-refractivity contribution is 5.56. The maximum absolute atomic E-state index is 11.0. The first kappa shape index (κ1) is 17.7. The van der Waals surface area contributed by atoms with Crippen LogP contribution >= 0.6 is 0 Å². The van der Waals surface area contributed by atoms with Crippen molar-refractivity contribution in [2.75, 3.05) is 0 Å². The number of carbonyl (C=O) groups excluding carboxylic acids is 1. The van der Waals surface area contributed by atoms with Crippen molar-refractivity contribution in [2.45, 2.75) is 78.2 Å². The van der Waals surface area contributed by atoms with E-state index >= 15 is 0 Å². The Morgan fingerprint density at radius 3 is 2.14 bits per heavy atom. The van der Waals surface area contributed by atoms with Crippen molar-refractivity contribution < 1.29 is 9.53 Å². The number of carbonyl (C=O) groups is 1. The average molecular weight is 290 g/mol. The van der Waals surface area contributed by atoms with Gasteiger partial charge in [0.1, 0.15) is 5.75 Å². The first-order chi connectivity index (χ1) is 9.67. The van der Waals surface area contributed by atoms with E-state index in [9.17, 15) is 4.79 Å². The van der Waals surface area contributed by atoms with E-state index in [4.69, 9.17) is 4.74 Å². The van der Waals surface area contributed by atoms with Crippen molar-refractivity contribution in [3.8, 4) is 5.75 Å². The predicted molar refractivity (Wildman–Crippen MR) is 89.2 cm³/mol. The van der Waals surface area contributed by atoms with Crippen LogP contribution in [-0.2, 0) is 15.6 Å². The van der Waals surface area contributed by atoms with Crippen molar-refractivity contribution in [1.82, 2.24) is 0 Å². The van der Waals surface area contributed by atoms with Crippen molar-refractivity contribution in [1.29, 1.82) is 0 Å². The van der Waals surface area contributed by atoms with Crippen molar-refractivity contribution >= 4 is 6.29 Å². The third-order valence-electron chi connectivity index (χ3n) is 4.76. The predicted octanol–water partition coefficient (Wildman–Crippen LogP) is 5.03. The van der Waals surface area contributed by atoms with Gasteiger partial charge in [-0.1, -0.05) is 53.7 Å². The first-order valence-electron chi connectivity index (χ1n) is 7.95. The molecule has 0 spiro atoms. The zero-order valence-corrected chi connectivity index (χ0v) is 14.6. The molecule has 0 bridgehead atoms. The van der Waals surface area contributed by atoms with Crippen LogP contribution in [0.25, 0.3) is 0 Å². The zero-order valence-electron chi connectivity index (χ0n) is 14.6. The largest absolute Gasteiger partial charge is 0.483 e. The van der Waals surface area contributed by atoms with E-state index in [1.807, 2.05) is 0 Å². The van der Waals surface area contributed by atoms with Gasteiger partial charge >= 0.3 is 0 Å². The molecular weight excluding hydrogens is 260 g/mol. The summed E-state index contributed by atoms with van der Waals surface area (Å²) in [5.41, 5.74) is 2.58. The molecule has 2 nitrogen and oxygen atoms in total. The Morgan fingerprint density at radius 2 is 1.67 bits per heavy atom. The summed E-state index contributed by atoms with van der Waals surface area (Å²) in [6, 6.07) is 6.49. The molecule has 1 aromatic rings. The summed E-state index contributed by atoms with van der Waals surface area (Å²) in [5.74, 6) is 0.848. The highest BCUT2D eigenvalue weighted by Gasteiger charge is 2.26. The molecule has 2 heteroatoms. The van der Waals surface area contributed by atoms with E-state index in [-0.39, 0.29) is 10.8 Å². The lowest BCUT2D eigenvalue weighted by molar-refractivity contribution is -0.113. The quantitative estimate of drug-likeness (QED) is 0.658. The molecule has 0 aliphatic carbocycles. The average Bonchev–Trinajstić information content (AvgIpc) is 2.46. The van der Waals surface area contributed by atoms with E-state index in [0.29, 0.717) is 0 Å². The molecule has 1 rings (SSSR count). The van der Waals surface area contributed by atoms with Gasteiger partial charge in [0.05, 0.1) is 0 Å². The second-order valence-corrected chi connectivity index (χ2v) is 7.14. The van der Waals surface area contributed by atoms with E-state index in [1.54, 1.807) is 6.92 Å². The number of benzene rings is 1. The summed E-state index contributed by atoms with van der Waals surface area (Å²) in [5, 5.41) is 0. The Hall–Kier alpha value is -1.31. The molecule has 0 aliphatic heterocycles. The number of aldehydes is 1. The second-order valence-electron chi connectivity index (χ2n) is 7.14. The van der Waals surface area contributed by atoms with Crippen LogP contribution in [0.4, 0.5) is 0 Å². The molecule has 0 radical (unpaired) electrons. The minimum absolute atomic E-state index is 0.0345. The standard InChI is InChI=1S/C19H30O2/c1-8-18(4,5)15-10-11-16(19(6,7)9-2)17(12-15)21-14(3)13-20/h10-14H,8-9H2,1-7H3. The Balaban J connectivity index is 3.36. The third kappa shape index (κ3) is 4.09. The first-order valence-corrected chi connectivity index (χ1v) is 7.95. The van der Waals surface area contributed by atoms with E-state index in [0.717, 1.165) is 24.9 Å². The van der Waals surface area contributed by atoms with Gasteiger partial charge in [0.15, 0.2) is 12.4 Å². The van der Waals surface area contributed by atoms with E-state index in [2.05, 4.69) is 59.7 Å². The molecule has 0 amide bonds. The Labute approximate surface area is 129 Å². The molecule has 118 valence electrons. The Morgan fingerprint density at radius 1 is 1.10 bits per heavy atom. The SMILES string of the molecule is CCC(C)(C)c1ccc(C(C)(C)CC)c(OC(C)C=O)c1. The summed E-state index contributed by atoms with van der Waals surface area (Å²) in [7, 11) is 0. The van der Waals surface area contributed by atoms with Gasteiger partial charge in [-0.25, -0.2) is 0 Å². The van der Waals surface area contributed by atoms with Crippen LogP contribution in [0.15, 0.2) is 18.2 Å². The van der Waals surface area contributed by atoms with Gasteiger partial charge in [-0.3, -0.25) is 4.79 Å². The summed E-state index contributed by atoms with van der Waals surface area (Å²) in [6.45, 7) is 15.1. The van der Waals surface area contributed by atoms with E-state index < -0.39 is 6.10 Å². The van der Waals surface area contributed by atoms with Crippen molar-refractivity contribution in [2.24, 2.45) is 0 Å². The number of hydrogen-bond acceptors (Lipinski definition) is 2. The lowest BCUT2D eigenvalue weighted by Gasteiger charge is -2.30. The van der Waals surface area contributed by atoms with Crippen LogP contribution in [0.2, 0.25) is 0 Å². The lowest BCUT2D eigenvalue weighted by Crippen LogP contribution is -2.22. The molecule has 1 atom stereocenters. The molecule has 0 saturated carbocycles. The lowest BCUT2D eigenvalue weighted by atomic mass is 9.77. The summed E-state index contributed by atoms with van der Waals surface area (Å²) >= 11 is 0. The summed E-state index contributed by atoms with van der Waals surface area (Å²) < 4.78 is 5.90. The molecular formula is C19H30O2. The monoisotopic (exact) mass is 290 g/mol. The summed E-state index contributed by atoms with van der Waals surface area (Å²) in [6.07, 6.45) is 2.51. The molecule has 0 heterocycles. The van der Waals surface area contributed by atoms with Gasteiger partial charge in [-0.2, -0.15) is 0 Å². The minimum atomic E-state index is -0.420. The van der Waals surface area contributed by atoms with E-state index in [1.165, 1.54) is 11.1 Å². The molecule has 0 aromatic heterocycles. The summed E-state index contributed by atoms with van der Waals surface area (Å²) in [4.78, 5) is 11.0. The molecule has 21 heavy (non-hydrogen) atoms. The van der Waals surface area contributed by atoms with Gasteiger partial charge in [0.2, 0.25) is 0 Å². The van der Waals surface area contributed by atoms with Crippen LogP contribution in [-0.4, -0.2) is 12.4 Å². The molecule has 1 aromatic carbocycles. The normalized spacial score (nSPS) is 13.9. The fourth-order valence-corrected chi connectivity index (χ4v) is 2.22. The topological polar surface area (TPSA) is 26.3 Å². The smallest absolute Gasteiger partial charge is 0.160 e. The highest BCUT2D eigenvalue weighted by Crippen LogP contribution is 2.38. The Kier molecular flexibility index (Phi) is 5.61. The number of hydrogen-bond donors (Lipinski definition) is 0. The maximum Gasteiger partial charge on any atom is 0.160 e. The van der Waals surface area contributed by atoms with Gasteiger partial charge in [-0.05, 0) is 47.8 Å². The van der Waals surface area contributed by atoms with Crippen molar-refractivity contribution in [3.05, 3.63) is 29.3 Å². The van der Waals surface area contributed by atoms with Crippen LogP contribution in [0, 0.1) is 0 Å². The minimum Gasteiger partial charge on any atom is -0.483 e. The number of rotatable bonds is 7.